The van der Waals surface area contributed by atoms with Gasteiger partial charge in [0.15, 0.2) is 21.1 Å². The van der Waals surface area contributed by atoms with Crippen LogP contribution in [-0.2, 0) is 9.84 Å². The molecule has 0 bridgehead atoms. The molecule has 9 heteroatoms. The highest BCUT2D eigenvalue weighted by Crippen LogP contribution is 2.29. The lowest BCUT2D eigenvalue weighted by atomic mass is 10.0. The minimum absolute atomic E-state index is 0.00313. The number of fused-ring (bicyclic) bond motifs is 1. The fraction of sp³-hybridized carbons (Fsp3) is 0.0800. The van der Waals surface area contributed by atoms with Crippen molar-refractivity contribution < 1.29 is 17.2 Å². The number of nitrogens with one attached hydrogen (secondary N) is 1. The third-order valence-electron chi connectivity index (χ3n) is 5.01. The molecule has 0 amide bonds. The van der Waals surface area contributed by atoms with Crippen LogP contribution in [0.1, 0.15) is 22.5 Å². The molecule has 2 aromatic carbocycles. The molecule has 0 saturated carbocycles. The standard InChI is InChI=1S/C25H15F2N3O3S/c1-14-4-3-5-16(29-14)7-8-17-19(26)11-21-24(25(17)27)22(31)12-20(30-21)18-10-15(13-28)6-9-23(18)34(2,32)33/h3-6,9-12H,1-2H3,(H,30,31). The van der Waals surface area contributed by atoms with E-state index in [1.54, 1.807) is 25.1 Å². The number of aromatic amines is 1. The Hall–Kier alpha value is -4.34. The molecule has 2 aromatic heterocycles. The first-order valence-corrected chi connectivity index (χ1v) is 11.7. The summed E-state index contributed by atoms with van der Waals surface area (Å²) in [6, 6.07) is 12.7. The highest BCUT2D eigenvalue weighted by Gasteiger charge is 2.20. The summed E-state index contributed by atoms with van der Waals surface area (Å²) in [6.07, 6.45) is 0.977. The summed E-state index contributed by atoms with van der Waals surface area (Å²) in [6.45, 7) is 1.75. The van der Waals surface area contributed by atoms with Crippen molar-refractivity contribution in [2.45, 2.75) is 11.8 Å². The molecule has 34 heavy (non-hydrogen) atoms. The van der Waals surface area contributed by atoms with Gasteiger partial charge in [0.1, 0.15) is 11.5 Å². The molecule has 0 unspecified atom stereocenters. The Kier molecular flexibility index (Phi) is 5.74. The van der Waals surface area contributed by atoms with Gasteiger partial charge in [0, 0.05) is 23.6 Å². The van der Waals surface area contributed by atoms with Crippen molar-refractivity contribution in [3.05, 3.63) is 92.9 Å². The van der Waals surface area contributed by atoms with Crippen LogP contribution >= 0.6 is 0 Å². The van der Waals surface area contributed by atoms with Gasteiger partial charge in [0.2, 0.25) is 0 Å². The van der Waals surface area contributed by atoms with Gasteiger partial charge in [-0.2, -0.15) is 5.26 Å². The molecule has 0 aliphatic rings. The van der Waals surface area contributed by atoms with Gasteiger partial charge in [-0.05, 0) is 49.2 Å². The SMILES string of the molecule is Cc1cccc(C#Cc2c(F)cc3[nH]c(-c4cc(C#N)ccc4S(C)(=O)=O)cc(=O)c3c2F)n1. The van der Waals surface area contributed by atoms with Gasteiger partial charge in [0.05, 0.1) is 38.7 Å². The number of benzene rings is 2. The Morgan fingerprint density at radius 1 is 1.06 bits per heavy atom. The number of H-pyrrole nitrogens is 1. The normalized spacial score (nSPS) is 11.0. The van der Waals surface area contributed by atoms with Crippen molar-refractivity contribution in [1.82, 2.24) is 9.97 Å². The Morgan fingerprint density at radius 3 is 2.50 bits per heavy atom. The Labute approximate surface area is 193 Å². The van der Waals surface area contributed by atoms with Crippen LogP contribution in [0.4, 0.5) is 8.78 Å². The summed E-state index contributed by atoms with van der Waals surface area (Å²) in [5.74, 6) is 2.85. The smallest absolute Gasteiger partial charge is 0.193 e. The molecule has 0 aliphatic heterocycles. The summed E-state index contributed by atoms with van der Waals surface area (Å²) in [5, 5.41) is 8.77. The molecule has 0 spiro atoms. The molecule has 6 nitrogen and oxygen atoms in total. The monoisotopic (exact) mass is 475 g/mol. The Balaban J connectivity index is 1.94. The van der Waals surface area contributed by atoms with Gasteiger partial charge in [-0.15, -0.1) is 0 Å². The average Bonchev–Trinajstić information content (AvgIpc) is 2.77. The van der Waals surface area contributed by atoms with Gasteiger partial charge in [-0.25, -0.2) is 22.2 Å². The molecule has 2 heterocycles. The van der Waals surface area contributed by atoms with E-state index in [1.807, 2.05) is 6.07 Å². The number of halogens is 2. The van der Waals surface area contributed by atoms with Crippen LogP contribution in [0.15, 0.2) is 58.2 Å². The molecular formula is C25H15F2N3O3S. The number of hydrogen-bond donors (Lipinski definition) is 1. The maximum atomic E-state index is 15.2. The topological polar surface area (TPSA) is 104 Å². The van der Waals surface area contributed by atoms with Gasteiger partial charge in [-0.1, -0.05) is 12.0 Å². The molecule has 0 aliphatic carbocycles. The van der Waals surface area contributed by atoms with Gasteiger partial charge < -0.3 is 4.98 Å². The maximum Gasteiger partial charge on any atom is 0.193 e. The van der Waals surface area contributed by atoms with Crippen molar-refractivity contribution in [2.24, 2.45) is 0 Å². The van der Waals surface area contributed by atoms with Crippen molar-refractivity contribution in [3.8, 4) is 29.2 Å². The lowest BCUT2D eigenvalue weighted by molar-refractivity contribution is 0.585. The first-order chi connectivity index (χ1) is 16.1. The van der Waals surface area contributed by atoms with E-state index in [1.165, 1.54) is 18.2 Å². The minimum Gasteiger partial charge on any atom is -0.354 e. The largest absolute Gasteiger partial charge is 0.354 e. The van der Waals surface area contributed by atoms with Crippen LogP contribution in [0.25, 0.3) is 22.2 Å². The lowest BCUT2D eigenvalue weighted by Gasteiger charge is -2.11. The Morgan fingerprint density at radius 2 is 1.82 bits per heavy atom. The second-order valence-corrected chi connectivity index (χ2v) is 9.51. The second-order valence-electron chi connectivity index (χ2n) is 7.53. The molecule has 4 rings (SSSR count). The molecule has 4 aromatic rings. The molecule has 1 N–H and O–H groups in total. The number of hydrogen-bond acceptors (Lipinski definition) is 5. The number of nitriles is 1. The predicted octanol–water partition coefficient (Wildman–Crippen LogP) is 3.85. The predicted molar refractivity (Wildman–Crippen MR) is 123 cm³/mol. The number of pyridine rings is 2. The number of rotatable bonds is 2. The second kappa shape index (κ2) is 8.54. The lowest BCUT2D eigenvalue weighted by Crippen LogP contribution is -2.09. The molecule has 168 valence electrons. The van der Waals surface area contributed by atoms with Crippen LogP contribution in [-0.4, -0.2) is 24.6 Å². The molecule has 0 fully saturated rings. The number of nitrogens with zero attached hydrogens (tertiary/aromatic N) is 2. The zero-order valence-corrected chi connectivity index (χ0v) is 18.7. The zero-order chi connectivity index (χ0) is 24.6. The fourth-order valence-electron chi connectivity index (χ4n) is 3.48. The van der Waals surface area contributed by atoms with E-state index >= 15 is 4.39 Å². The van der Waals surface area contributed by atoms with Crippen LogP contribution in [0.3, 0.4) is 0 Å². The van der Waals surface area contributed by atoms with Crippen molar-refractivity contribution >= 4 is 20.7 Å². The molecule has 0 saturated heterocycles. The van der Waals surface area contributed by atoms with Crippen LogP contribution in [0.5, 0.6) is 0 Å². The van der Waals surface area contributed by atoms with Crippen LogP contribution < -0.4 is 5.43 Å². The maximum absolute atomic E-state index is 15.2. The molecule has 0 radical (unpaired) electrons. The summed E-state index contributed by atoms with van der Waals surface area (Å²) in [4.78, 5) is 19.6. The van der Waals surface area contributed by atoms with Gasteiger partial charge in [-0.3, -0.25) is 4.79 Å². The third kappa shape index (κ3) is 4.29. The van der Waals surface area contributed by atoms with Gasteiger partial charge >= 0.3 is 0 Å². The highest BCUT2D eigenvalue weighted by molar-refractivity contribution is 7.90. The number of aryl methyl sites for hydroxylation is 1. The van der Waals surface area contributed by atoms with E-state index in [4.69, 9.17) is 0 Å². The van der Waals surface area contributed by atoms with E-state index in [9.17, 15) is 22.9 Å². The fourth-order valence-corrected chi connectivity index (χ4v) is 4.36. The summed E-state index contributed by atoms with van der Waals surface area (Å²) in [7, 11) is -3.74. The van der Waals surface area contributed by atoms with E-state index in [2.05, 4.69) is 21.8 Å². The number of aromatic nitrogens is 2. The van der Waals surface area contributed by atoms with E-state index < -0.39 is 37.9 Å². The Bertz CT molecular complexity index is 1760. The van der Waals surface area contributed by atoms with E-state index in [-0.39, 0.29) is 27.2 Å². The zero-order valence-electron chi connectivity index (χ0n) is 17.9. The third-order valence-corrected chi connectivity index (χ3v) is 6.17. The summed E-state index contributed by atoms with van der Waals surface area (Å²) in [5.41, 5.74) is -0.392. The first kappa shape index (κ1) is 22.8. The minimum atomic E-state index is -3.74. The number of sulfone groups is 1. The average molecular weight is 475 g/mol. The van der Waals surface area contributed by atoms with Crippen molar-refractivity contribution in [3.63, 3.8) is 0 Å². The van der Waals surface area contributed by atoms with Crippen LogP contribution in [0.2, 0.25) is 0 Å². The molecule has 0 atom stereocenters. The highest BCUT2D eigenvalue weighted by atomic mass is 32.2. The summed E-state index contributed by atoms with van der Waals surface area (Å²) >= 11 is 0. The van der Waals surface area contributed by atoms with Crippen LogP contribution in [0, 0.1) is 41.7 Å². The van der Waals surface area contributed by atoms with Crippen molar-refractivity contribution in [2.75, 3.05) is 6.26 Å². The summed E-state index contributed by atoms with van der Waals surface area (Å²) < 4.78 is 54.4. The van der Waals surface area contributed by atoms with Crippen molar-refractivity contribution in [1.29, 1.82) is 5.26 Å². The molecular weight excluding hydrogens is 460 g/mol. The van der Waals surface area contributed by atoms with E-state index in [0.29, 0.717) is 11.4 Å². The van der Waals surface area contributed by atoms with E-state index in [0.717, 1.165) is 18.4 Å². The quantitative estimate of drug-likeness (QED) is 0.444. The van der Waals surface area contributed by atoms with Gasteiger partial charge in [0.25, 0.3) is 0 Å². The first-order valence-electron chi connectivity index (χ1n) is 9.84.